The summed E-state index contributed by atoms with van der Waals surface area (Å²) >= 11 is 0. The van der Waals surface area contributed by atoms with Crippen molar-refractivity contribution in [1.82, 2.24) is 9.97 Å². The quantitative estimate of drug-likeness (QED) is 0.540. The second-order valence-corrected chi connectivity index (χ2v) is 4.32. The summed E-state index contributed by atoms with van der Waals surface area (Å²) in [5.74, 6) is 7.65. The molecule has 1 rings (SSSR count). The van der Waals surface area contributed by atoms with Gasteiger partial charge in [0.2, 0.25) is 0 Å². The predicted molar refractivity (Wildman–Crippen MR) is 78.3 cm³/mol. The van der Waals surface area contributed by atoms with Crippen molar-refractivity contribution in [2.75, 3.05) is 37.1 Å². The van der Waals surface area contributed by atoms with Crippen LogP contribution in [0.4, 0.5) is 11.6 Å². The van der Waals surface area contributed by atoms with Gasteiger partial charge in [-0.2, -0.15) is 5.26 Å². The van der Waals surface area contributed by atoms with Crippen molar-refractivity contribution in [1.29, 1.82) is 5.26 Å². The number of hydrogen-bond acceptors (Lipinski definition) is 7. The van der Waals surface area contributed by atoms with Crippen LogP contribution in [-0.2, 0) is 11.2 Å². The number of nitrogens with two attached hydrogens (primary N) is 1. The molecule has 0 aliphatic rings. The molecule has 0 aromatic carbocycles. The zero-order chi connectivity index (χ0) is 15.0. The molecule has 20 heavy (non-hydrogen) atoms. The maximum Gasteiger partial charge on any atom is 0.148 e. The third-order valence-corrected chi connectivity index (χ3v) is 2.98. The van der Waals surface area contributed by atoms with Crippen LogP contribution in [0.15, 0.2) is 0 Å². The molecule has 0 fully saturated rings. The molecule has 3 N–H and O–H groups in total. The zero-order valence-corrected chi connectivity index (χ0v) is 12.3. The van der Waals surface area contributed by atoms with Crippen molar-refractivity contribution in [3.63, 3.8) is 0 Å². The van der Waals surface area contributed by atoms with Crippen LogP contribution in [-0.4, -0.2) is 36.8 Å². The number of nitriles is 1. The van der Waals surface area contributed by atoms with Gasteiger partial charge in [-0.15, -0.1) is 0 Å². The minimum Gasteiger partial charge on any atom is -0.383 e. The fourth-order valence-corrected chi connectivity index (χ4v) is 1.87. The number of anilines is 2. The van der Waals surface area contributed by atoms with Gasteiger partial charge in [-0.1, -0.05) is 6.92 Å². The molecule has 1 heterocycles. The molecule has 0 aliphatic carbocycles. The molecule has 1 aromatic rings. The molecule has 0 spiro atoms. The second kappa shape index (κ2) is 8.30. The molecule has 110 valence electrons. The van der Waals surface area contributed by atoms with E-state index in [1.165, 1.54) is 0 Å². The van der Waals surface area contributed by atoms with E-state index in [2.05, 4.69) is 21.5 Å². The average Bonchev–Trinajstić information content (AvgIpc) is 2.48. The maximum atomic E-state index is 8.79. The number of nitrogens with zero attached hydrogens (tertiary/aromatic N) is 4. The number of hydrazine groups is 1. The standard InChI is InChI=1S/C13H22N6O/c1-4-11-16-12(18-15)10(2)13(17-11)19(7-5-6-14)8-9-20-3/h4-5,7-9,15H2,1-3H3,(H,16,17,18). The Hall–Kier alpha value is -1.91. The van der Waals surface area contributed by atoms with Gasteiger partial charge in [0.15, 0.2) is 0 Å². The van der Waals surface area contributed by atoms with Crippen LogP contribution in [0.1, 0.15) is 24.7 Å². The van der Waals surface area contributed by atoms with Gasteiger partial charge in [0.1, 0.15) is 17.5 Å². The molecule has 0 saturated heterocycles. The van der Waals surface area contributed by atoms with Gasteiger partial charge < -0.3 is 15.1 Å². The summed E-state index contributed by atoms with van der Waals surface area (Å²) in [6.45, 7) is 5.75. The zero-order valence-electron chi connectivity index (χ0n) is 12.3. The Morgan fingerprint density at radius 3 is 2.70 bits per heavy atom. The van der Waals surface area contributed by atoms with Gasteiger partial charge in [-0.3, -0.25) is 0 Å². The van der Waals surface area contributed by atoms with Gasteiger partial charge in [0, 0.05) is 32.2 Å². The number of hydrogen-bond donors (Lipinski definition) is 2. The van der Waals surface area contributed by atoms with E-state index in [-0.39, 0.29) is 0 Å². The van der Waals surface area contributed by atoms with Gasteiger partial charge in [0.05, 0.1) is 19.1 Å². The summed E-state index contributed by atoms with van der Waals surface area (Å²) in [7, 11) is 1.65. The Labute approximate surface area is 119 Å². The van der Waals surface area contributed by atoms with E-state index in [0.717, 1.165) is 23.6 Å². The van der Waals surface area contributed by atoms with Crippen molar-refractivity contribution in [2.45, 2.75) is 26.7 Å². The third-order valence-electron chi connectivity index (χ3n) is 2.98. The number of ether oxygens (including phenoxy) is 1. The first kappa shape index (κ1) is 16.1. The minimum atomic E-state index is 0.431. The summed E-state index contributed by atoms with van der Waals surface area (Å²) in [6.07, 6.45) is 1.15. The molecule has 7 nitrogen and oxygen atoms in total. The molecule has 0 aliphatic heterocycles. The predicted octanol–water partition coefficient (Wildman–Crippen LogP) is 1.000. The van der Waals surface area contributed by atoms with Crippen LogP contribution in [0.25, 0.3) is 0 Å². The lowest BCUT2D eigenvalue weighted by molar-refractivity contribution is 0.205. The van der Waals surface area contributed by atoms with E-state index in [9.17, 15) is 0 Å². The van der Waals surface area contributed by atoms with Gasteiger partial charge >= 0.3 is 0 Å². The number of nitrogen functional groups attached to an aromatic ring is 1. The second-order valence-electron chi connectivity index (χ2n) is 4.32. The highest BCUT2D eigenvalue weighted by molar-refractivity contribution is 5.58. The van der Waals surface area contributed by atoms with E-state index >= 15 is 0 Å². The molecular formula is C13H22N6O. The smallest absolute Gasteiger partial charge is 0.148 e. The Balaban J connectivity index is 3.12. The van der Waals surface area contributed by atoms with E-state index in [1.807, 2.05) is 18.7 Å². The molecule has 0 unspecified atom stereocenters. The highest BCUT2D eigenvalue weighted by Gasteiger charge is 2.15. The molecule has 0 bridgehead atoms. The number of rotatable bonds is 8. The highest BCUT2D eigenvalue weighted by atomic mass is 16.5. The topological polar surface area (TPSA) is 100 Å². The molecule has 0 radical (unpaired) electrons. The van der Waals surface area contributed by atoms with E-state index in [1.54, 1.807) is 7.11 Å². The SMILES string of the molecule is CCc1nc(NN)c(C)c(N(CCC#N)CCOC)n1. The average molecular weight is 278 g/mol. The van der Waals surface area contributed by atoms with E-state index in [4.69, 9.17) is 15.8 Å². The van der Waals surface area contributed by atoms with Crippen molar-refractivity contribution >= 4 is 11.6 Å². The van der Waals surface area contributed by atoms with Crippen molar-refractivity contribution in [2.24, 2.45) is 5.84 Å². The molecule has 7 heteroatoms. The van der Waals surface area contributed by atoms with Crippen LogP contribution >= 0.6 is 0 Å². The monoisotopic (exact) mass is 278 g/mol. The lowest BCUT2D eigenvalue weighted by atomic mass is 10.2. The molecule has 0 saturated carbocycles. The van der Waals surface area contributed by atoms with Crippen LogP contribution in [0, 0.1) is 18.3 Å². The molecule has 1 aromatic heterocycles. The Kier molecular flexibility index (Phi) is 6.70. The first-order valence-corrected chi connectivity index (χ1v) is 6.62. The lowest BCUT2D eigenvalue weighted by Crippen LogP contribution is -2.30. The normalized spacial score (nSPS) is 10.2. The minimum absolute atomic E-state index is 0.431. The van der Waals surface area contributed by atoms with Crippen molar-refractivity contribution < 1.29 is 4.74 Å². The number of aryl methyl sites for hydroxylation is 1. The molecule has 0 amide bonds. The number of nitrogens with one attached hydrogen (secondary N) is 1. The largest absolute Gasteiger partial charge is 0.383 e. The van der Waals surface area contributed by atoms with Crippen LogP contribution in [0.5, 0.6) is 0 Å². The third kappa shape index (κ3) is 4.05. The van der Waals surface area contributed by atoms with Gasteiger partial charge in [-0.25, -0.2) is 15.8 Å². The van der Waals surface area contributed by atoms with Crippen LogP contribution < -0.4 is 16.2 Å². The summed E-state index contributed by atoms with van der Waals surface area (Å²) in [5, 5.41) is 8.79. The lowest BCUT2D eigenvalue weighted by Gasteiger charge is -2.25. The Bertz CT molecular complexity index is 471. The fraction of sp³-hybridized carbons (Fsp3) is 0.615. The van der Waals surface area contributed by atoms with Gasteiger partial charge in [0.25, 0.3) is 0 Å². The first-order valence-electron chi connectivity index (χ1n) is 6.62. The first-order chi connectivity index (χ1) is 9.67. The summed E-state index contributed by atoms with van der Waals surface area (Å²) in [5.41, 5.74) is 3.48. The molecule has 0 atom stereocenters. The fourth-order valence-electron chi connectivity index (χ4n) is 1.87. The summed E-state index contributed by atoms with van der Waals surface area (Å²) in [6, 6.07) is 2.15. The number of aromatic nitrogens is 2. The van der Waals surface area contributed by atoms with Gasteiger partial charge in [-0.05, 0) is 6.92 Å². The number of methoxy groups -OCH3 is 1. The highest BCUT2D eigenvalue weighted by Crippen LogP contribution is 2.23. The Morgan fingerprint density at radius 1 is 1.40 bits per heavy atom. The molecular weight excluding hydrogens is 256 g/mol. The summed E-state index contributed by atoms with van der Waals surface area (Å²) < 4.78 is 5.12. The van der Waals surface area contributed by atoms with E-state index in [0.29, 0.717) is 31.9 Å². The van der Waals surface area contributed by atoms with E-state index < -0.39 is 0 Å². The van der Waals surface area contributed by atoms with Crippen molar-refractivity contribution in [3.8, 4) is 6.07 Å². The van der Waals surface area contributed by atoms with Crippen LogP contribution in [0.2, 0.25) is 0 Å². The Morgan fingerprint density at radius 2 is 2.15 bits per heavy atom. The summed E-state index contributed by atoms with van der Waals surface area (Å²) in [4.78, 5) is 10.9. The van der Waals surface area contributed by atoms with Crippen molar-refractivity contribution in [3.05, 3.63) is 11.4 Å². The maximum absolute atomic E-state index is 8.79. The van der Waals surface area contributed by atoms with Crippen LogP contribution in [0.3, 0.4) is 0 Å².